The summed E-state index contributed by atoms with van der Waals surface area (Å²) in [6, 6.07) is 4.84. The molecular formula is C17H21NO5. The Kier molecular flexibility index (Phi) is 5.62. The van der Waals surface area contributed by atoms with Gasteiger partial charge < -0.3 is 19.9 Å². The highest BCUT2D eigenvalue weighted by molar-refractivity contribution is 5.97. The molecule has 2 rings (SSSR count). The first-order valence-electron chi connectivity index (χ1n) is 7.50. The van der Waals surface area contributed by atoms with E-state index in [-0.39, 0.29) is 24.5 Å². The average Bonchev–Trinajstić information content (AvgIpc) is 3.01. The summed E-state index contributed by atoms with van der Waals surface area (Å²) in [6.45, 7) is 3.86. The number of carbonyl (C=O) groups excluding carboxylic acids is 1. The molecule has 1 aliphatic rings. The molecule has 1 amide bonds. The van der Waals surface area contributed by atoms with Crippen LogP contribution in [-0.4, -0.2) is 36.7 Å². The maximum Gasteiger partial charge on any atom is 0.306 e. The van der Waals surface area contributed by atoms with Crippen molar-refractivity contribution < 1.29 is 24.2 Å². The van der Waals surface area contributed by atoms with Gasteiger partial charge in [-0.25, -0.2) is 0 Å². The summed E-state index contributed by atoms with van der Waals surface area (Å²) in [6.07, 6.45) is 3.31. The molecule has 0 bridgehead atoms. The Morgan fingerprint density at radius 2 is 2.22 bits per heavy atom. The second kappa shape index (κ2) is 7.67. The smallest absolute Gasteiger partial charge is 0.306 e. The van der Waals surface area contributed by atoms with Crippen molar-refractivity contribution in [2.24, 2.45) is 5.92 Å². The van der Waals surface area contributed by atoms with Gasteiger partial charge in [-0.1, -0.05) is 12.7 Å². The largest absolute Gasteiger partial charge is 0.497 e. The summed E-state index contributed by atoms with van der Waals surface area (Å²) in [5, 5.41) is 11.9. The van der Waals surface area contributed by atoms with Gasteiger partial charge in [0.25, 0.3) is 5.91 Å². The van der Waals surface area contributed by atoms with Crippen molar-refractivity contribution in [3.63, 3.8) is 0 Å². The van der Waals surface area contributed by atoms with Crippen molar-refractivity contribution >= 4 is 11.9 Å². The molecule has 23 heavy (non-hydrogen) atoms. The monoisotopic (exact) mass is 319 g/mol. The third-order valence-corrected chi connectivity index (χ3v) is 3.91. The first-order valence-corrected chi connectivity index (χ1v) is 7.50. The van der Waals surface area contributed by atoms with Crippen molar-refractivity contribution in [2.45, 2.75) is 25.3 Å². The predicted octanol–water partition coefficient (Wildman–Crippen LogP) is 2.24. The molecule has 1 aromatic carbocycles. The van der Waals surface area contributed by atoms with E-state index in [1.165, 1.54) is 7.11 Å². The van der Waals surface area contributed by atoms with Crippen LogP contribution in [0.2, 0.25) is 0 Å². The van der Waals surface area contributed by atoms with Crippen LogP contribution in [0.15, 0.2) is 30.9 Å². The van der Waals surface area contributed by atoms with Crippen molar-refractivity contribution in [3.05, 3.63) is 36.4 Å². The Balaban J connectivity index is 2.09. The van der Waals surface area contributed by atoms with Gasteiger partial charge in [0.05, 0.1) is 18.6 Å². The molecule has 0 radical (unpaired) electrons. The Morgan fingerprint density at radius 3 is 2.83 bits per heavy atom. The van der Waals surface area contributed by atoms with E-state index in [4.69, 9.17) is 14.6 Å². The fourth-order valence-corrected chi connectivity index (χ4v) is 2.69. The van der Waals surface area contributed by atoms with E-state index in [2.05, 4.69) is 11.9 Å². The molecule has 0 aliphatic heterocycles. The zero-order valence-corrected chi connectivity index (χ0v) is 13.1. The fourth-order valence-electron chi connectivity index (χ4n) is 2.69. The zero-order chi connectivity index (χ0) is 16.8. The molecule has 0 saturated heterocycles. The van der Waals surface area contributed by atoms with Gasteiger partial charge in [-0.15, -0.1) is 0 Å². The number of amides is 1. The van der Waals surface area contributed by atoms with Crippen LogP contribution in [0.5, 0.6) is 11.5 Å². The fraction of sp³-hybridized carbons (Fsp3) is 0.412. The lowest BCUT2D eigenvalue weighted by Crippen LogP contribution is -2.33. The second-order valence-corrected chi connectivity index (χ2v) is 5.48. The Morgan fingerprint density at radius 1 is 1.43 bits per heavy atom. The van der Waals surface area contributed by atoms with Crippen LogP contribution in [-0.2, 0) is 4.79 Å². The van der Waals surface area contributed by atoms with E-state index in [1.807, 2.05) is 0 Å². The minimum absolute atomic E-state index is 0.127. The van der Waals surface area contributed by atoms with Crippen molar-refractivity contribution in [3.8, 4) is 11.5 Å². The van der Waals surface area contributed by atoms with E-state index in [1.54, 1.807) is 24.3 Å². The summed E-state index contributed by atoms with van der Waals surface area (Å²) in [7, 11) is 1.54. The van der Waals surface area contributed by atoms with Crippen molar-refractivity contribution in [1.82, 2.24) is 5.32 Å². The van der Waals surface area contributed by atoms with E-state index in [9.17, 15) is 9.59 Å². The topological polar surface area (TPSA) is 84.9 Å². The molecule has 6 heteroatoms. The van der Waals surface area contributed by atoms with Gasteiger partial charge in [-0.2, -0.15) is 0 Å². The molecule has 1 saturated carbocycles. The number of nitrogens with one attached hydrogen (secondary N) is 1. The minimum Gasteiger partial charge on any atom is -0.497 e. The number of carbonyl (C=O) groups is 2. The van der Waals surface area contributed by atoms with Gasteiger partial charge in [-0.3, -0.25) is 9.59 Å². The van der Waals surface area contributed by atoms with Crippen molar-refractivity contribution in [1.29, 1.82) is 0 Å². The molecule has 1 fully saturated rings. The normalized spacial score (nSPS) is 19.9. The Labute approximate surface area is 135 Å². The van der Waals surface area contributed by atoms with E-state index >= 15 is 0 Å². The number of carboxylic acids is 1. The molecular weight excluding hydrogens is 298 g/mol. The number of ether oxygens (including phenoxy) is 2. The molecule has 124 valence electrons. The quantitative estimate of drug-likeness (QED) is 0.753. The first kappa shape index (κ1) is 16.9. The molecule has 1 aromatic rings. The van der Waals surface area contributed by atoms with E-state index in [0.717, 1.165) is 0 Å². The lowest BCUT2D eigenvalue weighted by Gasteiger charge is -2.15. The molecule has 0 heterocycles. The molecule has 2 atom stereocenters. The molecule has 6 nitrogen and oxygen atoms in total. The van der Waals surface area contributed by atoms with Gasteiger partial charge >= 0.3 is 5.97 Å². The van der Waals surface area contributed by atoms with Crippen molar-refractivity contribution in [2.75, 3.05) is 13.7 Å². The number of carboxylic acid groups (broad SMARTS) is 1. The summed E-state index contributed by atoms with van der Waals surface area (Å²) >= 11 is 0. The van der Waals surface area contributed by atoms with Crippen LogP contribution in [0.4, 0.5) is 0 Å². The second-order valence-electron chi connectivity index (χ2n) is 5.48. The number of hydrogen-bond acceptors (Lipinski definition) is 4. The van der Waals surface area contributed by atoms with Gasteiger partial charge in [0.1, 0.15) is 18.1 Å². The maximum atomic E-state index is 12.5. The number of rotatable bonds is 7. The highest BCUT2D eigenvalue weighted by Crippen LogP contribution is 2.28. The van der Waals surface area contributed by atoms with Crippen LogP contribution in [0.25, 0.3) is 0 Å². The van der Waals surface area contributed by atoms with Crippen LogP contribution in [0.1, 0.15) is 29.6 Å². The van der Waals surface area contributed by atoms with E-state index < -0.39 is 5.97 Å². The molecule has 0 aromatic heterocycles. The summed E-state index contributed by atoms with van der Waals surface area (Å²) in [5.41, 5.74) is 0.395. The molecule has 2 N–H and O–H groups in total. The predicted molar refractivity (Wildman–Crippen MR) is 84.9 cm³/mol. The Bertz CT molecular complexity index is 599. The Hall–Kier alpha value is -2.50. The van der Waals surface area contributed by atoms with Crippen LogP contribution >= 0.6 is 0 Å². The standard InChI is InChI=1S/C17H21NO5/c1-3-8-23-15-10-13(22-2)6-7-14(15)16(19)18-12-5-4-11(9-12)17(20)21/h3,6-7,10-12H,1,4-5,8-9H2,2H3,(H,18,19)(H,20,21)/t11-,12+/m0/s1. The van der Waals surface area contributed by atoms with Gasteiger partial charge in [0.2, 0.25) is 0 Å². The van der Waals surface area contributed by atoms with Crippen LogP contribution in [0, 0.1) is 5.92 Å². The first-order chi connectivity index (χ1) is 11.0. The number of benzene rings is 1. The summed E-state index contributed by atoms with van der Waals surface area (Å²) < 4.78 is 10.7. The maximum absolute atomic E-state index is 12.5. The molecule has 0 spiro atoms. The minimum atomic E-state index is -0.804. The number of aliphatic carboxylic acids is 1. The molecule has 1 aliphatic carbocycles. The average molecular weight is 319 g/mol. The lowest BCUT2D eigenvalue weighted by atomic mass is 10.1. The number of methoxy groups -OCH3 is 1. The third kappa shape index (κ3) is 4.25. The highest BCUT2D eigenvalue weighted by Gasteiger charge is 2.31. The molecule has 0 unspecified atom stereocenters. The van der Waals surface area contributed by atoms with Gasteiger partial charge in [-0.05, 0) is 31.4 Å². The number of hydrogen-bond donors (Lipinski definition) is 2. The summed E-state index contributed by atoms with van der Waals surface area (Å²) in [5.74, 6) is -0.460. The zero-order valence-electron chi connectivity index (χ0n) is 13.1. The summed E-state index contributed by atoms with van der Waals surface area (Å²) in [4.78, 5) is 23.4. The van der Waals surface area contributed by atoms with Crippen LogP contribution in [0.3, 0.4) is 0 Å². The lowest BCUT2D eigenvalue weighted by molar-refractivity contribution is -0.141. The highest BCUT2D eigenvalue weighted by atomic mass is 16.5. The van der Waals surface area contributed by atoms with Gasteiger partial charge in [0, 0.05) is 12.1 Å². The SMILES string of the molecule is C=CCOc1cc(OC)ccc1C(=O)N[C@@H]1CC[C@H](C(=O)O)C1. The van der Waals surface area contributed by atoms with Gasteiger partial charge in [0.15, 0.2) is 0 Å². The third-order valence-electron chi connectivity index (χ3n) is 3.91. The van der Waals surface area contributed by atoms with E-state index in [0.29, 0.717) is 36.3 Å². The van der Waals surface area contributed by atoms with Crippen LogP contribution < -0.4 is 14.8 Å².